The molecule has 0 radical (unpaired) electrons. The summed E-state index contributed by atoms with van der Waals surface area (Å²) in [5.41, 5.74) is 2.84. The van der Waals surface area contributed by atoms with Gasteiger partial charge < -0.3 is 10.6 Å². The second-order valence-corrected chi connectivity index (χ2v) is 7.07. The van der Waals surface area contributed by atoms with E-state index >= 15 is 0 Å². The molecule has 0 unspecified atom stereocenters. The number of anilines is 1. The molecule has 2 aromatic carbocycles. The fraction of sp³-hybridized carbons (Fsp3) is 0.348. The number of rotatable bonds is 4. The molecule has 0 saturated heterocycles. The number of carbonyl (C=O) groups excluding carboxylic acids is 1. The lowest BCUT2D eigenvalue weighted by Gasteiger charge is -2.27. The van der Waals surface area contributed by atoms with Gasteiger partial charge in [-0.1, -0.05) is 43.0 Å². The Morgan fingerprint density at radius 2 is 1.65 bits per heavy atom. The number of hydrogen-bond donors (Lipinski definition) is 2. The lowest BCUT2D eigenvalue weighted by atomic mass is 9.87. The van der Waals surface area contributed by atoms with E-state index in [-0.39, 0.29) is 5.91 Å². The Morgan fingerprint density at radius 3 is 2.42 bits per heavy atom. The molecule has 3 nitrogen and oxygen atoms in total. The minimum Gasteiger partial charge on any atom is -0.376 e. The third-order valence-corrected chi connectivity index (χ3v) is 4.82. The maximum absolute atomic E-state index is 12.2. The molecular formula is C23H26N2O. The highest BCUT2D eigenvalue weighted by Crippen LogP contribution is 2.23. The first-order valence-electron chi connectivity index (χ1n) is 9.39. The van der Waals surface area contributed by atoms with Gasteiger partial charge in [-0.25, -0.2) is 0 Å². The van der Waals surface area contributed by atoms with Crippen molar-refractivity contribution in [3.63, 3.8) is 0 Å². The summed E-state index contributed by atoms with van der Waals surface area (Å²) in [6.45, 7) is 2.58. The molecule has 0 aliphatic heterocycles. The van der Waals surface area contributed by atoms with E-state index in [1.807, 2.05) is 54.6 Å². The Morgan fingerprint density at radius 1 is 0.962 bits per heavy atom. The summed E-state index contributed by atoms with van der Waals surface area (Å²) in [6.07, 6.45) is 4.61. The molecule has 0 heterocycles. The standard InChI is InChI=1S/C23H26N2O/c1-18-10-14-21(15-11-18)25-23(26)17-24-22-9-5-8-20(16-22)13-12-19-6-3-2-4-7-19/h2-9,16,18,21,24H,10-11,14-15,17H2,1H3,(H,25,26). The zero-order valence-electron chi connectivity index (χ0n) is 15.3. The predicted molar refractivity (Wildman–Crippen MR) is 107 cm³/mol. The largest absolute Gasteiger partial charge is 0.376 e. The highest BCUT2D eigenvalue weighted by molar-refractivity contribution is 5.81. The van der Waals surface area contributed by atoms with Gasteiger partial charge in [0.2, 0.25) is 5.91 Å². The molecule has 2 aromatic rings. The molecule has 0 spiro atoms. The van der Waals surface area contributed by atoms with E-state index in [1.165, 1.54) is 12.8 Å². The minimum atomic E-state index is 0.0605. The summed E-state index contributed by atoms with van der Waals surface area (Å²) in [5, 5.41) is 6.34. The number of hydrogen-bond acceptors (Lipinski definition) is 2. The first-order chi connectivity index (χ1) is 12.7. The van der Waals surface area contributed by atoms with E-state index in [1.54, 1.807) is 0 Å². The van der Waals surface area contributed by atoms with E-state index in [4.69, 9.17) is 0 Å². The first-order valence-corrected chi connectivity index (χ1v) is 9.39. The molecule has 1 saturated carbocycles. The van der Waals surface area contributed by atoms with E-state index in [0.717, 1.165) is 35.6 Å². The van der Waals surface area contributed by atoms with E-state index in [2.05, 4.69) is 29.4 Å². The smallest absolute Gasteiger partial charge is 0.239 e. The highest BCUT2D eigenvalue weighted by Gasteiger charge is 2.19. The molecule has 1 fully saturated rings. The van der Waals surface area contributed by atoms with Gasteiger partial charge in [-0.2, -0.15) is 0 Å². The molecule has 0 bridgehead atoms. The van der Waals surface area contributed by atoms with Gasteiger partial charge in [-0.05, 0) is 61.9 Å². The average molecular weight is 346 g/mol. The van der Waals surface area contributed by atoms with Crippen molar-refractivity contribution in [1.82, 2.24) is 5.32 Å². The highest BCUT2D eigenvalue weighted by atomic mass is 16.1. The molecule has 2 N–H and O–H groups in total. The van der Waals surface area contributed by atoms with Crippen LogP contribution in [0.25, 0.3) is 0 Å². The molecule has 3 rings (SSSR count). The van der Waals surface area contributed by atoms with Crippen molar-refractivity contribution in [3.8, 4) is 11.8 Å². The van der Waals surface area contributed by atoms with Gasteiger partial charge in [0.15, 0.2) is 0 Å². The summed E-state index contributed by atoms with van der Waals surface area (Å²) in [5.74, 6) is 7.17. The molecule has 134 valence electrons. The van der Waals surface area contributed by atoms with Crippen LogP contribution in [0.2, 0.25) is 0 Å². The quantitative estimate of drug-likeness (QED) is 0.815. The van der Waals surface area contributed by atoms with Crippen LogP contribution in [0.3, 0.4) is 0 Å². The van der Waals surface area contributed by atoms with Crippen LogP contribution in [0.5, 0.6) is 0 Å². The van der Waals surface area contributed by atoms with Crippen LogP contribution in [0.15, 0.2) is 54.6 Å². The van der Waals surface area contributed by atoms with Gasteiger partial charge in [-0.3, -0.25) is 4.79 Å². The summed E-state index contributed by atoms with van der Waals surface area (Å²) < 4.78 is 0. The summed E-state index contributed by atoms with van der Waals surface area (Å²) in [6, 6.07) is 18.1. The second-order valence-electron chi connectivity index (χ2n) is 7.07. The summed E-state index contributed by atoms with van der Waals surface area (Å²) in [7, 11) is 0. The molecular weight excluding hydrogens is 320 g/mol. The van der Waals surface area contributed by atoms with Crippen molar-refractivity contribution in [1.29, 1.82) is 0 Å². The maximum atomic E-state index is 12.2. The maximum Gasteiger partial charge on any atom is 0.239 e. The monoisotopic (exact) mass is 346 g/mol. The lowest BCUT2D eigenvalue weighted by molar-refractivity contribution is -0.120. The van der Waals surface area contributed by atoms with Crippen molar-refractivity contribution in [2.24, 2.45) is 5.92 Å². The zero-order valence-corrected chi connectivity index (χ0v) is 15.3. The Labute approximate surface area is 156 Å². The van der Waals surface area contributed by atoms with E-state index in [9.17, 15) is 4.79 Å². The van der Waals surface area contributed by atoms with Crippen molar-refractivity contribution in [2.45, 2.75) is 38.6 Å². The third-order valence-electron chi connectivity index (χ3n) is 4.82. The Hall–Kier alpha value is -2.73. The number of amides is 1. The van der Waals surface area contributed by atoms with Crippen LogP contribution in [-0.4, -0.2) is 18.5 Å². The third kappa shape index (κ3) is 5.67. The average Bonchev–Trinajstić information content (AvgIpc) is 2.68. The van der Waals surface area contributed by atoms with Crippen LogP contribution in [0, 0.1) is 17.8 Å². The van der Waals surface area contributed by atoms with Crippen molar-refractivity contribution < 1.29 is 4.79 Å². The Balaban J connectivity index is 1.51. The predicted octanol–water partition coefficient (Wildman–Crippen LogP) is 4.19. The van der Waals surface area contributed by atoms with Crippen LogP contribution < -0.4 is 10.6 Å². The van der Waals surface area contributed by atoms with Gasteiger partial charge in [-0.15, -0.1) is 0 Å². The Bertz CT molecular complexity index is 781. The molecule has 3 heteroatoms. The summed E-state index contributed by atoms with van der Waals surface area (Å²) >= 11 is 0. The van der Waals surface area contributed by atoms with Gasteiger partial charge in [0.25, 0.3) is 0 Å². The molecule has 0 atom stereocenters. The van der Waals surface area contributed by atoms with E-state index < -0.39 is 0 Å². The van der Waals surface area contributed by atoms with Crippen LogP contribution in [0.1, 0.15) is 43.7 Å². The van der Waals surface area contributed by atoms with Crippen LogP contribution in [-0.2, 0) is 4.79 Å². The van der Waals surface area contributed by atoms with Crippen molar-refractivity contribution in [3.05, 3.63) is 65.7 Å². The van der Waals surface area contributed by atoms with Gasteiger partial charge in [0.05, 0.1) is 6.54 Å². The van der Waals surface area contributed by atoms with Gasteiger partial charge in [0.1, 0.15) is 0 Å². The SMILES string of the molecule is CC1CCC(NC(=O)CNc2cccc(C#Cc3ccccc3)c2)CC1. The van der Waals surface area contributed by atoms with Crippen LogP contribution >= 0.6 is 0 Å². The Kier molecular flexibility index (Phi) is 6.33. The minimum absolute atomic E-state index is 0.0605. The molecule has 1 amide bonds. The fourth-order valence-corrected chi connectivity index (χ4v) is 3.24. The van der Waals surface area contributed by atoms with E-state index in [0.29, 0.717) is 12.6 Å². The van der Waals surface area contributed by atoms with Crippen LogP contribution in [0.4, 0.5) is 5.69 Å². The van der Waals surface area contributed by atoms with Gasteiger partial charge in [0, 0.05) is 22.9 Å². The molecule has 0 aromatic heterocycles. The van der Waals surface area contributed by atoms with Crippen molar-refractivity contribution >= 4 is 11.6 Å². The second kappa shape index (κ2) is 9.10. The lowest BCUT2D eigenvalue weighted by Crippen LogP contribution is -2.40. The number of carbonyl (C=O) groups is 1. The first kappa shape index (κ1) is 18.1. The van der Waals surface area contributed by atoms with Gasteiger partial charge >= 0.3 is 0 Å². The number of benzene rings is 2. The zero-order chi connectivity index (χ0) is 18.2. The fourth-order valence-electron chi connectivity index (χ4n) is 3.24. The van der Waals surface area contributed by atoms with Crippen molar-refractivity contribution in [2.75, 3.05) is 11.9 Å². The molecule has 26 heavy (non-hydrogen) atoms. The normalized spacial score (nSPS) is 19.1. The number of nitrogens with one attached hydrogen (secondary N) is 2. The molecule has 1 aliphatic rings. The topological polar surface area (TPSA) is 41.1 Å². The summed E-state index contributed by atoms with van der Waals surface area (Å²) in [4.78, 5) is 12.2. The molecule has 1 aliphatic carbocycles.